The first-order valence-electron chi connectivity index (χ1n) is 7.66. The molecule has 2 aromatic heterocycles. The van der Waals surface area contributed by atoms with Crippen molar-refractivity contribution in [3.63, 3.8) is 0 Å². The van der Waals surface area contributed by atoms with Crippen LogP contribution in [0.15, 0.2) is 54.7 Å². The van der Waals surface area contributed by atoms with Gasteiger partial charge >= 0.3 is 0 Å². The summed E-state index contributed by atoms with van der Waals surface area (Å²) in [5, 5.41) is 7.31. The Bertz CT molecular complexity index is 760. The number of hydrogen-bond acceptors (Lipinski definition) is 3. The summed E-state index contributed by atoms with van der Waals surface area (Å²) in [7, 11) is 0. The van der Waals surface area contributed by atoms with Crippen molar-refractivity contribution in [2.45, 2.75) is 19.9 Å². The molecular weight excluding hydrogens is 290 g/mol. The summed E-state index contributed by atoms with van der Waals surface area (Å²) in [6, 6.07) is 15.4. The summed E-state index contributed by atoms with van der Waals surface area (Å²) in [4.78, 5) is 12.0. The highest BCUT2D eigenvalue weighted by Crippen LogP contribution is 2.12. The van der Waals surface area contributed by atoms with Crippen LogP contribution >= 0.6 is 0 Å². The second-order valence-electron chi connectivity index (χ2n) is 5.24. The molecule has 3 aromatic rings. The van der Waals surface area contributed by atoms with Gasteiger partial charge in [0, 0.05) is 6.20 Å². The maximum absolute atomic E-state index is 12.0. The highest BCUT2D eigenvalue weighted by Gasteiger charge is 2.06. The molecule has 0 aliphatic carbocycles. The van der Waals surface area contributed by atoms with E-state index in [1.807, 2.05) is 61.7 Å². The van der Waals surface area contributed by atoms with Crippen LogP contribution in [0.1, 0.15) is 18.2 Å². The summed E-state index contributed by atoms with van der Waals surface area (Å²) < 4.78 is 7.19. The third-order valence-electron chi connectivity index (χ3n) is 3.49. The maximum atomic E-state index is 12.0. The quantitative estimate of drug-likeness (QED) is 0.761. The van der Waals surface area contributed by atoms with Gasteiger partial charge in [0.05, 0.1) is 30.8 Å². The summed E-state index contributed by atoms with van der Waals surface area (Å²) in [5.41, 5.74) is 2.82. The van der Waals surface area contributed by atoms with Gasteiger partial charge in [-0.05, 0) is 42.8 Å². The Morgan fingerprint density at radius 2 is 2.04 bits per heavy atom. The predicted molar refractivity (Wildman–Crippen MR) is 88.4 cm³/mol. The van der Waals surface area contributed by atoms with Crippen LogP contribution in [0.3, 0.4) is 0 Å². The number of pyridine rings is 1. The normalized spacial score (nSPS) is 10.7. The van der Waals surface area contributed by atoms with Gasteiger partial charge in [-0.3, -0.25) is 4.79 Å². The zero-order valence-corrected chi connectivity index (χ0v) is 13.0. The van der Waals surface area contributed by atoms with E-state index in [9.17, 15) is 4.79 Å². The van der Waals surface area contributed by atoms with Crippen molar-refractivity contribution in [1.29, 1.82) is 0 Å². The van der Waals surface area contributed by atoms with E-state index in [-0.39, 0.29) is 5.91 Å². The molecule has 5 nitrogen and oxygen atoms in total. The van der Waals surface area contributed by atoms with Crippen molar-refractivity contribution in [2.24, 2.45) is 0 Å². The van der Waals surface area contributed by atoms with Gasteiger partial charge in [0.1, 0.15) is 5.75 Å². The average molecular weight is 309 g/mol. The number of amides is 1. The number of carbonyl (C=O) groups is 1. The van der Waals surface area contributed by atoms with E-state index >= 15 is 0 Å². The predicted octanol–water partition coefficient (Wildman–Crippen LogP) is 2.59. The molecule has 5 heteroatoms. The molecule has 0 aliphatic heterocycles. The van der Waals surface area contributed by atoms with Crippen molar-refractivity contribution in [1.82, 2.24) is 14.9 Å². The van der Waals surface area contributed by atoms with Crippen molar-refractivity contribution in [3.05, 3.63) is 66.0 Å². The van der Waals surface area contributed by atoms with Crippen LogP contribution < -0.4 is 10.1 Å². The Balaban J connectivity index is 1.54. The lowest BCUT2D eigenvalue weighted by Crippen LogP contribution is -2.24. The molecule has 2 heterocycles. The highest BCUT2D eigenvalue weighted by molar-refractivity contribution is 5.78. The molecule has 0 atom stereocenters. The zero-order chi connectivity index (χ0) is 16.1. The van der Waals surface area contributed by atoms with E-state index in [0.29, 0.717) is 19.6 Å². The van der Waals surface area contributed by atoms with E-state index < -0.39 is 0 Å². The number of benzene rings is 1. The number of nitrogens with zero attached hydrogens (tertiary/aromatic N) is 2. The molecule has 1 N–H and O–H groups in total. The molecule has 1 aromatic carbocycles. The van der Waals surface area contributed by atoms with E-state index in [0.717, 1.165) is 22.5 Å². The fourth-order valence-electron chi connectivity index (χ4n) is 2.38. The molecule has 118 valence electrons. The first-order chi connectivity index (χ1) is 11.2. The van der Waals surface area contributed by atoms with Crippen LogP contribution in [-0.4, -0.2) is 22.1 Å². The molecule has 0 saturated carbocycles. The van der Waals surface area contributed by atoms with E-state index in [2.05, 4.69) is 10.4 Å². The second-order valence-corrected chi connectivity index (χ2v) is 5.24. The molecule has 0 unspecified atom stereocenters. The third-order valence-corrected chi connectivity index (χ3v) is 3.49. The number of aromatic nitrogens is 2. The Hall–Kier alpha value is -2.82. The smallest absolute Gasteiger partial charge is 0.224 e. The maximum Gasteiger partial charge on any atom is 0.224 e. The molecule has 23 heavy (non-hydrogen) atoms. The molecule has 0 bridgehead atoms. The van der Waals surface area contributed by atoms with Crippen molar-refractivity contribution >= 4 is 11.4 Å². The van der Waals surface area contributed by atoms with Crippen LogP contribution in [0.5, 0.6) is 5.75 Å². The first kappa shape index (κ1) is 15.1. The van der Waals surface area contributed by atoms with Crippen LogP contribution in [0, 0.1) is 0 Å². The zero-order valence-electron chi connectivity index (χ0n) is 13.0. The average Bonchev–Trinajstić information content (AvgIpc) is 2.98. The molecule has 0 fully saturated rings. The van der Waals surface area contributed by atoms with Gasteiger partial charge in [0.25, 0.3) is 0 Å². The monoisotopic (exact) mass is 309 g/mol. The van der Waals surface area contributed by atoms with Gasteiger partial charge < -0.3 is 10.1 Å². The van der Waals surface area contributed by atoms with Crippen LogP contribution in [0.4, 0.5) is 0 Å². The molecule has 3 rings (SSSR count). The summed E-state index contributed by atoms with van der Waals surface area (Å²) in [6.45, 7) is 3.01. The lowest BCUT2D eigenvalue weighted by atomic mass is 10.1. The number of nitrogens with one attached hydrogen (secondary N) is 1. The number of hydrogen-bond donors (Lipinski definition) is 1. The first-order valence-corrected chi connectivity index (χ1v) is 7.66. The molecule has 1 amide bonds. The van der Waals surface area contributed by atoms with Crippen molar-refractivity contribution in [2.75, 3.05) is 6.61 Å². The van der Waals surface area contributed by atoms with Crippen LogP contribution in [0.2, 0.25) is 0 Å². The Morgan fingerprint density at radius 1 is 1.22 bits per heavy atom. The molecule has 0 radical (unpaired) electrons. The van der Waals surface area contributed by atoms with Crippen molar-refractivity contribution in [3.8, 4) is 5.75 Å². The SMILES string of the molecule is CCOc1ccc(CC(=O)NCc2cc3ccccn3n2)cc1. The number of ether oxygens (including phenoxy) is 1. The number of carbonyl (C=O) groups excluding carboxylic acids is 1. The molecular formula is C18H19N3O2. The lowest BCUT2D eigenvalue weighted by Gasteiger charge is -2.05. The largest absolute Gasteiger partial charge is 0.494 e. The molecule has 0 aliphatic rings. The fourth-order valence-corrected chi connectivity index (χ4v) is 2.38. The van der Waals surface area contributed by atoms with Gasteiger partial charge in [-0.1, -0.05) is 18.2 Å². The molecule has 0 saturated heterocycles. The van der Waals surface area contributed by atoms with Crippen LogP contribution in [-0.2, 0) is 17.8 Å². The third kappa shape index (κ3) is 3.88. The van der Waals surface area contributed by atoms with Gasteiger partial charge in [0.2, 0.25) is 5.91 Å². The van der Waals surface area contributed by atoms with Crippen LogP contribution in [0.25, 0.3) is 5.52 Å². The number of fused-ring (bicyclic) bond motifs is 1. The Labute approximate surface area is 134 Å². The Morgan fingerprint density at radius 3 is 2.78 bits per heavy atom. The second kappa shape index (κ2) is 6.96. The van der Waals surface area contributed by atoms with E-state index in [1.54, 1.807) is 4.52 Å². The Kier molecular flexibility index (Phi) is 4.57. The van der Waals surface area contributed by atoms with Gasteiger partial charge in [-0.25, -0.2) is 4.52 Å². The minimum absolute atomic E-state index is 0.0220. The fraction of sp³-hybridized carbons (Fsp3) is 0.222. The van der Waals surface area contributed by atoms with Crippen molar-refractivity contribution < 1.29 is 9.53 Å². The lowest BCUT2D eigenvalue weighted by molar-refractivity contribution is -0.120. The highest BCUT2D eigenvalue weighted by atomic mass is 16.5. The molecule has 0 spiro atoms. The number of rotatable bonds is 6. The summed E-state index contributed by atoms with van der Waals surface area (Å²) >= 11 is 0. The van der Waals surface area contributed by atoms with Gasteiger partial charge in [-0.15, -0.1) is 0 Å². The minimum Gasteiger partial charge on any atom is -0.494 e. The summed E-state index contributed by atoms with van der Waals surface area (Å²) in [5.74, 6) is 0.799. The van der Waals surface area contributed by atoms with E-state index in [4.69, 9.17) is 4.74 Å². The van der Waals surface area contributed by atoms with E-state index in [1.165, 1.54) is 0 Å². The van der Waals surface area contributed by atoms with Gasteiger partial charge in [0.15, 0.2) is 0 Å². The minimum atomic E-state index is -0.0220. The standard InChI is InChI=1S/C18H19N3O2/c1-2-23-17-8-6-14(7-9-17)11-18(22)19-13-15-12-16-5-3-4-10-21(16)20-15/h3-10,12H,2,11,13H2,1H3,(H,19,22). The summed E-state index contributed by atoms with van der Waals surface area (Å²) in [6.07, 6.45) is 2.24. The van der Waals surface area contributed by atoms with Gasteiger partial charge in [-0.2, -0.15) is 5.10 Å². The topological polar surface area (TPSA) is 55.6 Å².